The van der Waals surface area contributed by atoms with Gasteiger partial charge in [-0.05, 0) is 0 Å². The van der Waals surface area contributed by atoms with E-state index >= 15 is 0 Å². The van der Waals surface area contributed by atoms with Gasteiger partial charge in [0.05, 0.1) is 36.1 Å². The highest BCUT2D eigenvalue weighted by atomic mass is 32.2. The topological polar surface area (TPSA) is 92.6 Å². The van der Waals surface area contributed by atoms with Crippen LogP contribution in [0, 0.1) is 0 Å². The maximum absolute atomic E-state index is 12.7. The first-order chi connectivity index (χ1) is 10.8. The third kappa shape index (κ3) is 2.73. The number of piperazine rings is 1. The van der Waals surface area contributed by atoms with Gasteiger partial charge in [0.25, 0.3) is 5.91 Å². The van der Waals surface area contributed by atoms with Crippen molar-refractivity contribution in [2.24, 2.45) is 7.05 Å². The normalized spacial score (nSPS) is 26.2. The van der Waals surface area contributed by atoms with Crippen LogP contribution >= 0.6 is 0 Å². The quantitative estimate of drug-likeness (QED) is 0.708. The molecule has 0 N–H and O–H groups in total. The number of amides is 2. The molecule has 1 aromatic heterocycles. The Morgan fingerprint density at radius 1 is 1.22 bits per heavy atom. The molecule has 0 unspecified atom stereocenters. The monoisotopic (exact) mass is 340 g/mol. The Kier molecular flexibility index (Phi) is 3.91. The van der Waals surface area contributed by atoms with Gasteiger partial charge in [0.2, 0.25) is 5.91 Å². The number of hydrogen-bond donors (Lipinski definition) is 0. The van der Waals surface area contributed by atoms with Gasteiger partial charge in [0.1, 0.15) is 5.69 Å². The lowest BCUT2D eigenvalue weighted by atomic mass is 10.0. The van der Waals surface area contributed by atoms with Crippen LogP contribution in [0.3, 0.4) is 0 Å². The summed E-state index contributed by atoms with van der Waals surface area (Å²) in [5.74, 6) is -0.460. The summed E-state index contributed by atoms with van der Waals surface area (Å²) in [4.78, 5) is 32.0. The van der Waals surface area contributed by atoms with Crippen LogP contribution in [0.5, 0.6) is 0 Å². The van der Waals surface area contributed by atoms with E-state index in [1.54, 1.807) is 28.3 Å². The van der Waals surface area contributed by atoms with Crippen molar-refractivity contribution in [2.75, 3.05) is 24.6 Å². The van der Waals surface area contributed by atoms with Crippen LogP contribution in [0.25, 0.3) is 0 Å². The first kappa shape index (κ1) is 16.0. The number of sulfone groups is 1. The number of aromatic nitrogens is 2. The molecule has 0 aromatic carbocycles. The molecule has 126 valence electrons. The van der Waals surface area contributed by atoms with Gasteiger partial charge in [-0.25, -0.2) is 13.4 Å². The van der Waals surface area contributed by atoms with Crippen LogP contribution in [0.2, 0.25) is 0 Å². The highest BCUT2D eigenvalue weighted by molar-refractivity contribution is 7.91. The third-order valence-electron chi connectivity index (χ3n) is 4.60. The smallest absolute Gasteiger partial charge is 0.272 e. The minimum absolute atomic E-state index is 0.0651. The van der Waals surface area contributed by atoms with Crippen LogP contribution in [0.15, 0.2) is 12.5 Å². The lowest BCUT2D eigenvalue weighted by Crippen LogP contribution is -2.62. The summed E-state index contributed by atoms with van der Waals surface area (Å²) in [6.45, 7) is 2.47. The Labute approximate surface area is 135 Å². The average molecular weight is 340 g/mol. The average Bonchev–Trinajstić information content (AvgIpc) is 3.06. The number of carbonyl (C=O) groups excluding carboxylic acids is 2. The SMILES string of the molecule is CCC(=O)N1CCN(C(=O)c2cncn2C)[C@H]2CS(=O)(=O)C[C@H]21. The molecule has 0 saturated carbocycles. The second kappa shape index (κ2) is 5.63. The summed E-state index contributed by atoms with van der Waals surface area (Å²) in [6.07, 6.45) is 3.34. The molecule has 2 saturated heterocycles. The second-order valence-corrected chi connectivity index (χ2v) is 8.19. The molecule has 2 fully saturated rings. The number of imidazole rings is 1. The number of aryl methyl sites for hydroxylation is 1. The zero-order valence-electron chi connectivity index (χ0n) is 13.2. The van der Waals surface area contributed by atoms with E-state index in [9.17, 15) is 18.0 Å². The van der Waals surface area contributed by atoms with Crippen molar-refractivity contribution in [1.29, 1.82) is 0 Å². The van der Waals surface area contributed by atoms with Crippen molar-refractivity contribution in [1.82, 2.24) is 19.4 Å². The molecule has 2 atom stereocenters. The Morgan fingerprint density at radius 2 is 1.83 bits per heavy atom. The molecule has 2 aliphatic rings. The molecule has 0 bridgehead atoms. The van der Waals surface area contributed by atoms with E-state index in [4.69, 9.17) is 0 Å². The van der Waals surface area contributed by atoms with Crippen molar-refractivity contribution >= 4 is 21.7 Å². The standard InChI is InChI=1S/C14H20N4O4S/c1-3-13(19)17-4-5-18(12-8-23(21,22)7-11(12)17)14(20)10-6-15-9-16(10)2/h6,9,11-12H,3-5,7-8H2,1-2H3/t11-,12+/m1/s1. The lowest BCUT2D eigenvalue weighted by Gasteiger charge is -2.43. The van der Waals surface area contributed by atoms with Crippen molar-refractivity contribution in [3.05, 3.63) is 18.2 Å². The summed E-state index contributed by atoms with van der Waals surface area (Å²) in [6, 6.07) is -0.926. The van der Waals surface area contributed by atoms with Crippen LogP contribution in [0.4, 0.5) is 0 Å². The highest BCUT2D eigenvalue weighted by Gasteiger charge is 2.49. The van der Waals surface area contributed by atoms with Gasteiger partial charge in [-0.15, -0.1) is 0 Å². The minimum Gasteiger partial charge on any atom is -0.335 e. The zero-order valence-corrected chi connectivity index (χ0v) is 14.0. The number of fused-ring (bicyclic) bond motifs is 1. The predicted octanol–water partition coefficient (Wildman–Crippen LogP) is -0.720. The molecule has 3 rings (SSSR count). The molecule has 2 aliphatic heterocycles. The van der Waals surface area contributed by atoms with Crippen molar-refractivity contribution in [3.63, 3.8) is 0 Å². The van der Waals surface area contributed by atoms with Gasteiger partial charge < -0.3 is 14.4 Å². The molecule has 23 heavy (non-hydrogen) atoms. The largest absolute Gasteiger partial charge is 0.335 e. The number of hydrogen-bond acceptors (Lipinski definition) is 5. The summed E-state index contributed by atoms with van der Waals surface area (Å²) >= 11 is 0. The van der Waals surface area contributed by atoms with Crippen LogP contribution in [0.1, 0.15) is 23.8 Å². The molecule has 0 spiro atoms. The Hall–Kier alpha value is -1.90. The Morgan fingerprint density at radius 3 is 2.39 bits per heavy atom. The van der Waals surface area contributed by atoms with Crippen LogP contribution in [-0.4, -0.2) is 76.3 Å². The fourth-order valence-corrected chi connectivity index (χ4v) is 5.41. The molecule has 2 amide bonds. The van der Waals surface area contributed by atoms with E-state index in [2.05, 4.69) is 4.98 Å². The molecule has 8 nitrogen and oxygen atoms in total. The summed E-state index contributed by atoms with van der Waals surface area (Å²) in [7, 11) is -1.54. The maximum atomic E-state index is 12.7. The zero-order chi connectivity index (χ0) is 16.8. The van der Waals surface area contributed by atoms with Crippen molar-refractivity contribution in [2.45, 2.75) is 25.4 Å². The highest BCUT2D eigenvalue weighted by Crippen LogP contribution is 2.28. The third-order valence-corrected chi connectivity index (χ3v) is 6.29. The fourth-order valence-electron chi connectivity index (χ4n) is 3.43. The van der Waals surface area contributed by atoms with Gasteiger partial charge in [-0.2, -0.15) is 0 Å². The summed E-state index contributed by atoms with van der Waals surface area (Å²) in [5.41, 5.74) is 0.420. The second-order valence-electron chi connectivity index (χ2n) is 6.04. The fraction of sp³-hybridized carbons (Fsp3) is 0.643. The van der Waals surface area contributed by atoms with E-state index < -0.39 is 21.9 Å². The number of nitrogens with zero attached hydrogens (tertiary/aromatic N) is 4. The first-order valence-electron chi connectivity index (χ1n) is 7.61. The van der Waals surface area contributed by atoms with E-state index in [1.807, 2.05) is 0 Å². The van der Waals surface area contributed by atoms with E-state index in [0.29, 0.717) is 25.2 Å². The Balaban J connectivity index is 1.91. The molecular formula is C14H20N4O4S. The van der Waals surface area contributed by atoms with Crippen LogP contribution < -0.4 is 0 Å². The van der Waals surface area contributed by atoms with E-state index in [1.165, 1.54) is 12.5 Å². The first-order valence-corrected chi connectivity index (χ1v) is 9.43. The molecule has 1 aromatic rings. The van der Waals surface area contributed by atoms with Gasteiger partial charge in [0.15, 0.2) is 9.84 Å². The van der Waals surface area contributed by atoms with Crippen LogP contribution in [-0.2, 0) is 21.7 Å². The van der Waals surface area contributed by atoms with Crippen molar-refractivity contribution < 1.29 is 18.0 Å². The van der Waals surface area contributed by atoms with Gasteiger partial charge in [-0.1, -0.05) is 6.92 Å². The molecule has 9 heteroatoms. The Bertz CT molecular complexity index is 742. The van der Waals surface area contributed by atoms with E-state index in [-0.39, 0.29) is 23.3 Å². The van der Waals surface area contributed by atoms with Gasteiger partial charge >= 0.3 is 0 Å². The van der Waals surface area contributed by atoms with Gasteiger partial charge in [-0.3, -0.25) is 9.59 Å². The molecule has 0 radical (unpaired) electrons. The minimum atomic E-state index is -3.26. The lowest BCUT2D eigenvalue weighted by molar-refractivity contribution is -0.135. The van der Waals surface area contributed by atoms with Crippen molar-refractivity contribution in [3.8, 4) is 0 Å². The molecule has 3 heterocycles. The summed E-state index contributed by atoms with van der Waals surface area (Å²) < 4.78 is 25.8. The number of carbonyl (C=O) groups is 2. The molecule has 0 aliphatic carbocycles. The van der Waals surface area contributed by atoms with Gasteiger partial charge in [0, 0.05) is 26.6 Å². The summed E-state index contributed by atoms with van der Waals surface area (Å²) in [5, 5.41) is 0. The molecular weight excluding hydrogens is 320 g/mol. The maximum Gasteiger partial charge on any atom is 0.272 e. The predicted molar refractivity (Wildman–Crippen MR) is 82.5 cm³/mol. The number of rotatable bonds is 2. The van der Waals surface area contributed by atoms with E-state index in [0.717, 1.165) is 0 Å².